The Morgan fingerprint density at radius 2 is 1.07 bits per heavy atom. The average molecular weight is 362 g/mol. The van der Waals surface area contributed by atoms with Crippen molar-refractivity contribution in [1.82, 2.24) is 10.1 Å². The third-order valence-corrected chi connectivity index (χ3v) is 7.51. The lowest BCUT2D eigenvalue weighted by Gasteiger charge is -2.34. The molecule has 4 heteroatoms. The normalized spacial score (nSPS) is 43.2. The van der Waals surface area contributed by atoms with Crippen LogP contribution in [0.1, 0.15) is 29.6 Å². The first-order valence-electron chi connectivity index (χ1n) is 10.1. The zero-order chi connectivity index (χ0) is 18.1. The van der Waals surface area contributed by atoms with Crippen LogP contribution < -0.4 is 0 Å². The Hall–Kier alpha value is -1.72. The molecule has 6 rings (SSSR count). The van der Waals surface area contributed by atoms with Crippen molar-refractivity contribution in [2.75, 3.05) is 14.1 Å². The van der Waals surface area contributed by atoms with Gasteiger partial charge in [0.2, 0.25) is 0 Å². The zero-order valence-electron chi connectivity index (χ0n) is 15.8. The van der Waals surface area contributed by atoms with E-state index in [4.69, 9.17) is 9.68 Å². The van der Waals surface area contributed by atoms with Gasteiger partial charge in [-0.05, 0) is 29.4 Å². The van der Waals surface area contributed by atoms with Crippen LogP contribution in [0.3, 0.4) is 0 Å². The van der Waals surface area contributed by atoms with Gasteiger partial charge in [0.15, 0.2) is 0 Å². The minimum absolute atomic E-state index is 0.313. The molecule has 0 aromatic heterocycles. The fraction of sp³-hybridized carbons (Fsp3) is 0.478. The van der Waals surface area contributed by atoms with Crippen LogP contribution in [0.4, 0.5) is 0 Å². The van der Waals surface area contributed by atoms with Gasteiger partial charge in [-0.15, -0.1) is 0 Å². The van der Waals surface area contributed by atoms with Crippen LogP contribution in [0.25, 0.3) is 0 Å². The zero-order valence-corrected chi connectivity index (χ0v) is 15.8. The summed E-state index contributed by atoms with van der Waals surface area (Å²) in [5.41, 5.74) is 2.73. The van der Waals surface area contributed by atoms with E-state index in [0.717, 1.165) is 0 Å². The number of hydrogen-bond donors (Lipinski definition) is 0. The van der Waals surface area contributed by atoms with E-state index < -0.39 is 0 Å². The molecule has 27 heavy (non-hydrogen) atoms. The lowest BCUT2D eigenvalue weighted by Crippen LogP contribution is -2.40. The second-order valence-corrected chi connectivity index (χ2v) is 8.66. The van der Waals surface area contributed by atoms with E-state index in [9.17, 15) is 0 Å². The number of hydrogen-bond acceptors (Lipinski definition) is 4. The van der Waals surface area contributed by atoms with Crippen molar-refractivity contribution in [2.45, 2.75) is 30.7 Å². The van der Waals surface area contributed by atoms with Gasteiger partial charge >= 0.3 is 0 Å². The molecule has 0 N–H and O–H groups in total. The summed E-state index contributed by atoms with van der Waals surface area (Å²) in [5, 5.41) is 4.23. The summed E-state index contributed by atoms with van der Waals surface area (Å²) in [6.45, 7) is 0. The molecule has 2 aliphatic heterocycles. The molecule has 2 aromatic carbocycles. The van der Waals surface area contributed by atoms with Crippen molar-refractivity contribution in [1.29, 1.82) is 0 Å². The van der Waals surface area contributed by atoms with E-state index in [2.05, 4.69) is 84.9 Å². The van der Waals surface area contributed by atoms with Crippen LogP contribution in [0.15, 0.2) is 60.7 Å². The fourth-order valence-corrected chi connectivity index (χ4v) is 6.68. The van der Waals surface area contributed by atoms with Crippen LogP contribution >= 0.6 is 0 Å². The van der Waals surface area contributed by atoms with Crippen molar-refractivity contribution in [2.24, 2.45) is 23.7 Å². The van der Waals surface area contributed by atoms with Crippen molar-refractivity contribution < 1.29 is 9.68 Å². The molecule has 4 fully saturated rings. The van der Waals surface area contributed by atoms with Gasteiger partial charge in [-0.1, -0.05) is 60.7 Å². The van der Waals surface area contributed by atoms with Gasteiger partial charge in [-0.3, -0.25) is 9.68 Å². The molecular formula is C23H26N2O2. The van der Waals surface area contributed by atoms with E-state index in [-0.39, 0.29) is 0 Å². The fourth-order valence-electron chi connectivity index (χ4n) is 6.68. The van der Waals surface area contributed by atoms with Gasteiger partial charge in [0.25, 0.3) is 0 Å². The molecule has 2 saturated heterocycles. The standard InChI is InChI=1S/C23H26N2O2/c1-24-20(14-9-5-3-6-10-14)18-16-13-17(22(18)26-24)19-21(25(2)27-23(16)19)15-11-7-4-8-12-15/h3-12,16-23H,13H2,1-2H3/t16-,17+,18-,19-,20+,21-,22-,23+/m0/s1. The van der Waals surface area contributed by atoms with Crippen molar-refractivity contribution in [3.63, 3.8) is 0 Å². The summed E-state index contributed by atoms with van der Waals surface area (Å²) in [4.78, 5) is 12.9. The maximum Gasteiger partial charge on any atom is 0.0876 e. The summed E-state index contributed by atoms with van der Waals surface area (Å²) < 4.78 is 0. The monoisotopic (exact) mass is 362 g/mol. The maximum atomic E-state index is 6.47. The Balaban J connectivity index is 1.36. The molecule has 140 valence electrons. The Morgan fingerprint density at radius 3 is 1.48 bits per heavy atom. The van der Waals surface area contributed by atoms with Gasteiger partial charge in [0.1, 0.15) is 0 Å². The summed E-state index contributed by atoms with van der Waals surface area (Å²) in [7, 11) is 4.21. The van der Waals surface area contributed by atoms with E-state index in [1.54, 1.807) is 0 Å². The summed E-state index contributed by atoms with van der Waals surface area (Å²) in [6.07, 6.45) is 1.86. The molecule has 2 saturated carbocycles. The topological polar surface area (TPSA) is 24.9 Å². The van der Waals surface area contributed by atoms with Gasteiger partial charge in [-0.2, -0.15) is 10.1 Å². The predicted octanol–water partition coefficient (Wildman–Crippen LogP) is 3.84. The van der Waals surface area contributed by atoms with Crippen LogP contribution in [-0.4, -0.2) is 36.4 Å². The lowest BCUT2D eigenvalue weighted by atomic mass is 9.71. The minimum atomic E-state index is 0.313. The first-order valence-corrected chi connectivity index (χ1v) is 10.1. The highest BCUT2D eigenvalue weighted by Crippen LogP contribution is 2.66. The average Bonchev–Trinajstić information content (AvgIpc) is 3.40. The number of fused-ring (bicyclic) bond motifs is 8. The molecule has 2 bridgehead atoms. The first-order chi connectivity index (χ1) is 13.2. The van der Waals surface area contributed by atoms with E-state index in [0.29, 0.717) is 48.0 Å². The van der Waals surface area contributed by atoms with Gasteiger partial charge < -0.3 is 0 Å². The molecular weight excluding hydrogens is 336 g/mol. The maximum absolute atomic E-state index is 6.47. The molecule has 2 aromatic rings. The van der Waals surface area contributed by atoms with Crippen molar-refractivity contribution >= 4 is 0 Å². The molecule has 0 unspecified atom stereocenters. The van der Waals surface area contributed by atoms with Gasteiger partial charge in [0.05, 0.1) is 24.3 Å². The smallest absolute Gasteiger partial charge is 0.0876 e. The Bertz CT molecular complexity index is 759. The van der Waals surface area contributed by atoms with Gasteiger partial charge in [-0.25, -0.2) is 0 Å². The SMILES string of the molecule is CN1O[C@H]2[C@@H]3C[C@H]([C@H]4ON(C)[C@@H](c5ccccc5)[C@H]34)[C@H]2[C@H]1c1ccccc1. The van der Waals surface area contributed by atoms with E-state index >= 15 is 0 Å². The molecule has 2 heterocycles. The van der Waals surface area contributed by atoms with Crippen LogP contribution in [0.5, 0.6) is 0 Å². The third-order valence-electron chi connectivity index (χ3n) is 7.51. The van der Waals surface area contributed by atoms with E-state index in [1.165, 1.54) is 17.5 Å². The Kier molecular flexibility index (Phi) is 3.54. The quantitative estimate of drug-likeness (QED) is 0.810. The highest BCUT2D eigenvalue weighted by Gasteiger charge is 2.69. The van der Waals surface area contributed by atoms with Gasteiger partial charge in [0, 0.05) is 25.9 Å². The largest absolute Gasteiger partial charge is 0.295 e. The third kappa shape index (κ3) is 2.18. The lowest BCUT2D eigenvalue weighted by molar-refractivity contribution is -0.165. The Labute approximate surface area is 160 Å². The molecule has 0 spiro atoms. The first kappa shape index (κ1) is 16.3. The second-order valence-electron chi connectivity index (χ2n) is 8.66. The van der Waals surface area contributed by atoms with Crippen LogP contribution in [0.2, 0.25) is 0 Å². The molecule has 8 atom stereocenters. The highest BCUT2D eigenvalue weighted by molar-refractivity contribution is 5.28. The van der Waals surface area contributed by atoms with Crippen molar-refractivity contribution in [3.8, 4) is 0 Å². The summed E-state index contributed by atoms with van der Waals surface area (Å²) in [6, 6.07) is 22.4. The second kappa shape index (κ2) is 5.89. The summed E-state index contributed by atoms with van der Waals surface area (Å²) in [5.74, 6) is 2.17. The molecule has 2 aliphatic carbocycles. The predicted molar refractivity (Wildman–Crippen MR) is 102 cm³/mol. The molecule has 0 amide bonds. The number of rotatable bonds is 2. The molecule has 0 radical (unpaired) electrons. The summed E-state index contributed by atoms with van der Waals surface area (Å²) >= 11 is 0. The Morgan fingerprint density at radius 1 is 0.667 bits per heavy atom. The van der Waals surface area contributed by atoms with Crippen LogP contribution in [-0.2, 0) is 9.68 Å². The van der Waals surface area contributed by atoms with Crippen LogP contribution in [0, 0.1) is 23.7 Å². The number of hydroxylamine groups is 4. The minimum Gasteiger partial charge on any atom is -0.295 e. The van der Waals surface area contributed by atoms with Crippen molar-refractivity contribution in [3.05, 3.63) is 71.8 Å². The molecule has 4 nitrogen and oxygen atoms in total. The highest BCUT2D eigenvalue weighted by atomic mass is 16.7. The number of benzene rings is 2. The molecule has 4 aliphatic rings. The van der Waals surface area contributed by atoms with E-state index in [1.807, 2.05) is 0 Å². The number of nitrogens with zero attached hydrogens (tertiary/aromatic N) is 2.